The summed E-state index contributed by atoms with van der Waals surface area (Å²) in [5.41, 5.74) is 1.39. The summed E-state index contributed by atoms with van der Waals surface area (Å²) in [6, 6.07) is 19.6. The molecule has 1 aliphatic heterocycles. The largest absolute Gasteiger partial charge is 0.488 e. The zero-order chi connectivity index (χ0) is 19.0. The fraction of sp³-hybridized carbons (Fsp3) is 0. The topological polar surface area (TPSA) is 87.1 Å². The Kier molecular flexibility index (Phi) is 4.23. The smallest absolute Gasteiger partial charge is 0.455 e. The van der Waals surface area contributed by atoms with Crippen LogP contribution in [-0.4, -0.2) is 29.0 Å². The number of benzene rings is 3. The van der Waals surface area contributed by atoms with E-state index in [4.69, 9.17) is 14.8 Å². The zero-order valence-electron chi connectivity index (χ0n) is 14.1. The van der Waals surface area contributed by atoms with E-state index in [1.54, 1.807) is 60.7 Å². The monoisotopic (exact) mass is 359 g/mol. The summed E-state index contributed by atoms with van der Waals surface area (Å²) in [4.78, 5) is 26.6. The van der Waals surface area contributed by atoms with Crippen LogP contribution >= 0.6 is 0 Å². The average molecular weight is 359 g/mol. The third-order valence-corrected chi connectivity index (χ3v) is 4.31. The molecule has 0 aromatic heterocycles. The molecule has 6 nitrogen and oxygen atoms in total. The number of carbonyl (C=O) groups excluding carboxylic acids is 2. The lowest BCUT2D eigenvalue weighted by Gasteiger charge is -2.18. The third-order valence-electron chi connectivity index (χ3n) is 4.31. The maximum absolute atomic E-state index is 12.7. The number of ether oxygens (including phenoxy) is 1. The molecule has 7 heteroatoms. The molecule has 1 aliphatic rings. The van der Waals surface area contributed by atoms with E-state index < -0.39 is 18.9 Å². The molecule has 0 unspecified atom stereocenters. The number of carbonyl (C=O) groups is 2. The van der Waals surface area contributed by atoms with Crippen molar-refractivity contribution in [1.82, 2.24) is 0 Å². The van der Waals surface area contributed by atoms with Gasteiger partial charge in [0.25, 0.3) is 11.8 Å². The molecular formula is C20H14BNO5. The van der Waals surface area contributed by atoms with Gasteiger partial charge in [-0.05, 0) is 41.9 Å². The molecule has 2 N–H and O–H groups in total. The number of amides is 2. The van der Waals surface area contributed by atoms with Crippen LogP contribution in [0.2, 0.25) is 0 Å². The first-order chi connectivity index (χ1) is 13.1. The summed E-state index contributed by atoms with van der Waals surface area (Å²) < 4.78 is 5.84. The number of anilines is 1. The number of para-hydroxylation sites is 2. The van der Waals surface area contributed by atoms with Crippen LogP contribution in [0.15, 0.2) is 72.8 Å². The molecule has 0 saturated heterocycles. The molecule has 3 aromatic rings. The van der Waals surface area contributed by atoms with Crippen LogP contribution in [0.4, 0.5) is 5.69 Å². The van der Waals surface area contributed by atoms with Crippen LogP contribution in [0.25, 0.3) is 0 Å². The van der Waals surface area contributed by atoms with Gasteiger partial charge in [-0.15, -0.1) is 0 Å². The molecule has 132 valence electrons. The molecule has 4 rings (SSSR count). The summed E-state index contributed by atoms with van der Waals surface area (Å²) in [7, 11) is -1.57. The molecule has 27 heavy (non-hydrogen) atoms. The molecule has 0 radical (unpaired) electrons. The van der Waals surface area contributed by atoms with Crippen LogP contribution < -0.4 is 15.1 Å². The van der Waals surface area contributed by atoms with E-state index in [9.17, 15) is 9.59 Å². The Morgan fingerprint density at radius 3 is 1.89 bits per heavy atom. The van der Waals surface area contributed by atoms with Crippen molar-refractivity contribution in [2.75, 3.05) is 4.90 Å². The Labute approximate surface area is 155 Å². The SMILES string of the molecule is O=C1c2ccccc2C(=O)N1c1ccccc1Oc1ccc(B(O)O)cc1. The number of hydrogen-bond donors (Lipinski definition) is 2. The molecule has 0 atom stereocenters. The van der Waals surface area contributed by atoms with Crippen LogP contribution in [0.1, 0.15) is 20.7 Å². The molecule has 0 spiro atoms. The minimum Gasteiger partial charge on any atom is -0.455 e. The second kappa shape index (κ2) is 6.72. The summed E-state index contributed by atoms with van der Waals surface area (Å²) in [6.45, 7) is 0. The summed E-state index contributed by atoms with van der Waals surface area (Å²) in [5.74, 6) is -0.0245. The van der Waals surface area contributed by atoms with Gasteiger partial charge in [0.2, 0.25) is 0 Å². The predicted octanol–water partition coefficient (Wildman–Crippen LogP) is 1.96. The standard InChI is InChI=1S/C20H14BNO5/c23-19-15-5-1-2-6-16(15)20(24)22(19)17-7-3-4-8-18(17)27-14-11-9-13(10-12-14)21(25)26/h1-12,25-26H. The number of rotatable bonds is 4. The van der Waals surface area contributed by atoms with E-state index in [1.165, 1.54) is 12.1 Å². The Hall–Kier alpha value is -3.42. The van der Waals surface area contributed by atoms with E-state index >= 15 is 0 Å². The minimum atomic E-state index is -1.57. The third kappa shape index (κ3) is 2.99. The van der Waals surface area contributed by atoms with Crippen molar-refractivity contribution in [2.24, 2.45) is 0 Å². The summed E-state index contributed by atoms with van der Waals surface area (Å²) in [6.07, 6.45) is 0. The van der Waals surface area contributed by atoms with Crippen molar-refractivity contribution in [3.8, 4) is 11.5 Å². The van der Waals surface area contributed by atoms with E-state index in [0.717, 1.165) is 4.90 Å². The van der Waals surface area contributed by atoms with Gasteiger partial charge in [-0.2, -0.15) is 0 Å². The van der Waals surface area contributed by atoms with Crippen LogP contribution in [-0.2, 0) is 0 Å². The molecule has 0 saturated carbocycles. The van der Waals surface area contributed by atoms with Gasteiger partial charge < -0.3 is 14.8 Å². The minimum absolute atomic E-state index is 0.330. The summed E-state index contributed by atoms with van der Waals surface area (Å²) >= 11 is 0. The maximum Gasteiger partial charge on any atom is 0.488 e. The van der Waals surface area contributed by atoms with E-state index in [1.807, 2.05) is 0 Å². The highest BCUT2D eigenvalue weighted by atomic mass is 16.5. The number of hydrogen-bond acceptors (Lipinski definition) is 5. The molecule has 3 aromatic carbocycles. The van der Waals surface area contributed by atoms with Gasteiger partial charge in [0.15, 0.2) is 5.75 Å². The van der Waals surface area contributed by atoms with Gasteiger partial charge in [0, 0.05) is 0 Å². The molecule has 2 amide bonds. The van der Waals surface area contributed by atoms with E-state index in [0.29, 0.717) is 33.8 Å². The lowest BCUT2D eigenvalue weighted by molar-refractivity contribution is 0.0925. The highest BCUT2D eigenvalue weighted by Crippen LogP contribution is 2.36. The quantitative estimate of drug-likeness (QED) is 0.549. The first kappa shape index (κ1) is 17.0. The van der Waals surface area contributed by atoms with Crippen molar-refractivity contribution in [3.63, 3.8) is 0 Å². The van der Waals surface area contributed by atoms with Gasteiger partial charge in [0.1, 0.15) is 5.75 Å². The highest BCUT2D eigenvalue weighted by molar-refractivity contribution is 6.58. The zero-order valence-corrected chi connectivity index (χ0v) is 14.1. The lowest BCUT2D eigenvalue weighted by Crippen LogP contribution is -2.29. The van der Waals surface area contributed by atoms with Gasteiger partial charge in [-0.3, -0.25) is 9.59 Å². The Bertz CT molecular complexity index is 998. The van der Waals surface area contributed by atoms with Crippen molar-refractivity contribution in [3.05, 3.63) is 83.9 Å². The number of imide groups is 1. The fourth-order valence-electron chi connectivity index (χ4n) is 2.97. The molecular weight excluding hydrogens is 345 g/mol. The molecule has 0 fully saturated rings. The first-order valence-electron chi connectivity index (χ1n) is 8.27. The molecule has 1 heterocycles. The average Bonchev–Trinajstić information content (AvgIpc) is 2.94. The van der Waals surface area contributed by atoms with Crippen LogP contribution in [0.5, 0.6) is 11.5 Å². The van der Waals surface area contributed by atoms with Crippen LogP contribution in [0, 0.1) is 0 Å². The Morgan fingerprint density at radius 2 is 1.30 bits per heavy atom. The first-order valence-corrected chi connectivity index (χ1v) is 8.27. The number of nitrogens with zero attached hydrogens (tertiary/aromatic N) is 1. The number of fused-ring (bicyclic) bond motifs is 1. The lowest BCUT2D eigenvalue weighted by atomic mass is 9.80. The second-order valence-corrected chi connectivity index (χ2v) is 6.00. The Morgan fingerprint density at radius 1 is 0.741 bits per heavy atom. The second-order valence-electron chi connectivity index (χ2n) is 6.00. The predicted molar refractivity (Wildman–Crippen MR) is 100 cm³/mol. The van der Waals surface area contributed by atoms with Gasteiger partial charge in [-0.1, -0.05) is 36.4 Å². The van der Waals surface area contributed by atoms with E-state index in [-0.39, 0.29) is 0 Å². The normalized spacial score (nSPS) is 12.9. The van der Waals surface area contributed by atoms with Gasteiger partial charge in [0.05, 0.1) is 16.8 Å². The van der Waals surface area contributed by atoms with Crippen molar-refractivity contribution in [2.45, 2.75) is 0 Å². The van der Waals surface area contributed by atoms with Crippen LogP contribution in [0.3, 0.4) is 0 Å². The molecule has 0 aliphatic carbocycles. The Balaban J connectivity index is 1.68. The maximum atomic E-state index is 12.7. The fourth-order valence-corrected chi connectivity index (χ4v) is 2.97. The van der Waals surface area contributed by atoms with Gasteiger partial charge in [-0.25, -0.2) is 4.90 Å². The highest BCUT2D eigenvalue weighted by Gasteiger charge is 2.37. The van der Waals surface area contributed by atoms with Gasteiger partial charge >= 0.3 is 7.12 Å². The van der Waals surface area contributed by atoms with Crippen molar-refractivity contribution < 1.29 is 24.4 Å². The van der Waals surface area contributed by atoms with E-state index in [2.05, 4.69) is 0 Å². The molecule has 0 bridgehead atoms. The summed E-state index contributed by atoms with van der Waals surface area (Å²) in [5, 5.41) is 18.3. The van der Waals surface area contributed by atoms with Crippen molar-refractivity contribution >= 4 is 30.1 Å². The van der Waals surface area contributed by atoms with Crippen molar-refractivity contribution in [1.29, 1.82) is 0 Å².